The van der Waals surface area contributed by atoms with Gasteiger partial charge in [-0.05, 0) is 35.9 Å². The summed E-state index contributed by atoms with van der Waals surface area (Å²) in [7, 11) is 1.44. The Balaban J connectivity index is 2.48. The number of hydrogen-bond donors (Lipinski definition) is 1. The molecule has 1 N–H and O–H groups in total. The fourth-order valence-electron chi connectivity index (χ4n) is 2.22. The Morgan fingerprint density at radius 2 is 2.00 bits per heavy atom. The summed E-state index contributed by atoms with van der Waals surface area (Å²) in [5, 5.41) is 4.25. The van der Waals surface area contributed by atoms with E-state index in [4.69, 9.17) is 27.9 Å². The number of benzene rings is 2. The first-order valence-electron chi connectivity index (χ1n) is 6.59. The molecule has 0 aliphatic rings. The van der Waals surface area contributed by atoms with Crippen LogP contribution in [-0.4, -0.2) is 13.7 Å². The lowest BCUT2D eigenvalue weighted by molar-refractivity contribution is 0.385. The van der Waals surface area contributed by atoms with Crippen LogP contribution in [0.5, 0.6) is 5.75 Å². The summed E-state index contributed by atoms with van der Waals surface area (Å²) in [6.45, 7) is 2.69. The second-order valence-electron chi connectivity index (χ2n) is 4.53. The Bertz CT molecular complexity index is 634. The molecule has 0 fully saturated rings. The normalized spacial score (nSPS) is 12.2. The van der Waals surface area contributed by atoms with Gasteiger partial charge in [0.1, 0.15) is 0 Å². The van der Waals surface area contributed by atoms with Crippen LogP contribution in [0.3, 0.4) is 0 Å². The van der Waals surface area contributed by atoms with Crippen molar-refractivity contribution in [2.75, 3.05) is 13.7 Å². The largest absolute Gasteiger partial charge is 0.494 e. The van der Waals surface area contributed by atoms with Gasteiger partial charge in [-0.3, -0.25) is 0 Å². The van der Waals surface area contributed by atoms with Crippen molar-refractivity contribution >= 4 is 23.2 Å². The monoisotopic (exact) mass is 327 g/mol. The van der Waals surface area contributed by atoms with E-state index in [1.807, 2.05) is 25.1 Å². The quantitative estimate of drug-likeness (QED) is 0.848. The van der Waals surface area contributed by atoms with Gasteiger partial charge in [-0.2, -0.15) is 0 Å². The van der Waals surface area contributed by atoms with E-state index in [0.717, 1.165) is 11.1 Å². The third kappa shape index (κ3) is 3.49. The van der Waals surface area contributed by atoms with E-state index in [1.54, 1.807) is 12.1 Å². The first kappa shape index (κ1) is 16.1. The molecule has 2 aromatic carbocycles. The minimum atomic E-state index is -0.406. The number of methoxy groups -OCH3 is 1. The molecule has 0 spiro atoms. The molecule has 0 amide bonds. The molecule has 2 nitrogen and oxygen atoms in total. The van der Waals surface area contributed by atoms with E-state index < -0.39 is 5.82 Å². The Hall–Kier alpha value is -1.29. The zero-order valence-corrected chi connectivity index (χ0v) is 13.3. The van der Waals surface area contributed by atoms with Crippen molar-refractivity contribution in [2.24, 2.45) is 0 Å². The highest BCUT2D eigenvalue weighted by molar-refractivity contribution is 6.42. The summed E-state index contributed by atoms with van der Waals surface area (Å²) >= 11 is 12.4. The van der Waals surface area contributed by atoms with Crippen LogP contribution in [0.2, 0.25) is 10.0 Å². The van der Waals surface area contributed by atoms with Gasteiger partial charge >= 0.3 is 0 Å². The minimum Gasteiger partial charge on any atom is -0.494 e. The number of nitrogens with one attached hydrogen (secondary N) is 1. The van der Waals surface area contributed by atoms with Gasteiger partial charge in [0, 0.05) is 0 Å². The van der Waals surface area contributed by atoms with Crippen LogP contribution < -0.4 is 10.1 Å². The van der Waals surface area contributed by atoms with E-state index in [2.05, 4.69) is 5.32 Å². The van der Waals surface area contributed by atoms with Crippen molar-refractivity contribution in [3.8, 4) is 5.75 Å². The third-order valence-corrected chi connectivity index (χ3v) is 4.04. The lowest BCUT2D eigenvalue weighted by Crippen LogP contribution is -2.22. The van der Waals surface area contributed by atoms with Crippen LogP contribution in [0.4, 0.5) is 4.39 Å². The molecule has 2 aromatic rings. The van der Waals surface area contributed by atoms with Crippen LogP contribution in [0.1, 0.15) is 24.1 Å². The van der Waals surface area contributed by atoms with Gasteiger partial charge in [-0.25, -0.2) is 4.39 Å². The van der Waals surface area contributed by atoms with Crippen molar-refractivity contribution in [3.05, 3.63) is 63.4 Å². The van der Waals surface area contributed by atoms with Gasteiger partial charge in [0.25, 0.3) is 0 Å². The van der Waals surface area contributed by atoms with Crippen molar-refractivity contribution < 1.29 is 9.13 Å². The zero-order valence-electron chi connectivity index (χ0n) is 11.8. The Labute approximate surface area is 133 Å². The highest BCUT2D eigenvalue weighted by atomic mass is 35.5. The third-order valence-electron chi connectivity index (χ3n) is 3.21. The van der Waals surface area contributed by atoms with Gasteiger partial charge in [0.05, 0.1) is 23.2 Å². The molecule has 2 rings (SSSR count). The van der Waals surface area contributed by atoms with Crippen molar-refractivity contribution in [2.45, 2.75) is 13.0 Å². The number of rotatable bonds is 5. The van der Waals surface area contributed by atoms with E-state index in [9.17, 15) is 4.39 Å². The zero-order chi connectivity index (χ0) is 15.4. The maximum absolute atomic E-state index is 13.9. The fourth-order valence-corrected chi connectivity index (χ4v) is 2.63. The number of halogens is 3. The molecule has 0 saturated carbocycles. The molecule has 0 aliphatic carbocycles. The molecule has 112 valence electrons. The first-order valence-corrected chi connectivity index (χ1v) is 7.34. The highest BCUT2D eigenvalue weighted by Gasteiger charge is 2.19. The summed E-state index contributed by atoms with van der Waals surface area (Å²) in [4.78, 5) is 0. The first-order chi connectivity index (χ1) is 10.1. The minimum absolute atomic E-state index is 0.214. The molecule has 0 aromatic heterocycles. The highest BCUT2D eigenvalue weighted by Crippen LogP contribution is 2.34. The number of ether oxygens (including phenoxy) is 1. The molecule has 5 heteroatoms. The van der Waals surface area contributed by atoms with Crippen LogP contribution in [0.15, 0.2) is 36.4 Å². The molecule has 0 aliphatic heterocycles. The lowest BCUT2D eigenvalue weighted by Gasteiger charge is -2.21. The maximum Gasteiger partial charge on any atom is 0.165 e. The summed E-state index contributed by atoms with van der Waals surface area (Å²) in [5.74, 6) is -0.192. The van der Waals surface area contributed by atoms with Gasteiger partial charge in [0.15, 0.2) is 11.6 Å². The summed E-state index contributed by atoms with van der Waals surface area (Å²) in [6.07, 6.45) is 0. The molecule has 0 bridgehead atoms. The van der Waals surface area contributed by atoms with E-state index in [1.165, 1.54) is 13.2 Å². The summed E-state index contributed by atoms with van der Waals surface area (Å²) in [5.41, 5.74) is 1.58. The van der Waals surface area contributed by atoms with E-state index in [0.29, 0.717) is 16.6 Å². The smallest absolute Gasteiger partial charge is 0.165 e. The van der Waals surface area contributed by atoms with Crippen LogP contribution in [0.25, 0.3) is 0 Å². The molecule has 0 heterocycles. The Kier molecular flexibility index (Phi) is 5.45. The van der Waals surface area contributed by atoms with Gasteiger partial charge < -0.3 is 10.1 Å². The summed E-state index contributed by atoms with van der Waals surface area (Å²) < 4.78 is 18.9. The molecule has 1 atom stereocenters. The Morgan fingerprint density at radius 1 is 1.24 bits per heavy atom. The standard InChI is InChI=1S/C16H16Cl2FNO/c1-3-20-16(11-5-4-6-12(17)15(11)18)10-7-8-14(21-2)13(19)9-10/h4-9,16,20H,3H2,1-2H3. The Morgan fingerprint density at radius 3 is 2.62 bits per heavy atom. The molecule has 21 heavy (non-hydrogen) atoms. The van der Waals surface area contributed by atoms with Crippen LogP contribution >= 0.6 is 23.2 Å². The maximum atomic E-state index is 13.9. The van der Waals surface area contributed by atoms with Crippen molar-refractivity contribution in [1.82, 2.24) is 5.32 Å². The predicted molar refractivity (Wildman–Crippen MR) is 84.9 cm³/mol. The van der Waals surface area contributed by atoms with Crippen molar-refractivity contribution in [1.29, 1.82) is 0 Å². The van der Waals surface area contributed by atoms with E-state index in [-0.39, 0.29) is 11.8 Å². The molecule has 0 saturated heterocycles. The predicted octanol–water partition coefficient (Wildman–Crippen LogP) is 4.84. The topological polar surface area (TPSA) is 21.3 Å². The molecule has 1 unspecified atom stereocenters. The second kappa shape index (κ2) is 7.12. The van der Waals surface area contributed by atoms with E-state index >= 15 is 0 Å². The molecular weight excluding hydrogens is 312 g/mol. The van der Waals surface area contributed by atoms with Gasteiger partial charge in [-0.15, -0.1) is 0 Å². The average molecular weight is 328 g/mol. The second-order valence-corrected chi connectivity index (χ2v) is 5.31. The fraction of sp³-hybridized carbons (Fsp3) is 0.250. The van der Waals surface area contributed by atoms with Crippen LogP contribution in [0, 0.1) is 5.82 Å². The van der Waals surface area contributed by atoms with Gasteiger partial charge in [0.2, 0.25) is 0 Å². The molecular formula is C16H16Cl2FNO. The lowest BCUT2D eigenvalue weighted by atomic mass is 9.98. The summed E-state index contributed by atoms with van der Waals surface area (Å²) in [6, 6.07) is 10.1. The molecule has 0 radical (unpaired) electrons. The SMILES string of the molecule is CCNC(c1ccc(OC)c(F)c1)c1cccc(Cl)c1Cl. The van der Waals surface area contributed by atoms with Crippen LogP contribution in [-0.2, 0) is 0 Å². The number of hydrogen-bond acceptors (Lipinski definition) is 2. The van der Waals surface area contributed by atoms with Crippen molar-refractivity contribution in [3.63, 3.8) is 0 Å². The average Bonchev–Trinajstić information content (AvgIpc) is 2.48. The van der Waals surface area contributed by atoms with Gasteiger partial charge in [-0.1, -0.05) is 48.3 Å².